The normalized spacial score (nSPS) is 17.2. The summed E-state index contributed by atoms with van der Waals surface area (Å²) in [6.07, 6.45) is 5.92. The van der Waals surface area contributed by atoms with Crippen molar-refractivity contribution in [2.75, 3.05) is 14.1 Å². The van der Waals surface area contributed by atoms with E-state index in [0.29, 0.717) is 0 Å². The van der Waals surface area contributed by atoms with Gasteiger partial charge in [0, 0.05) is 21.0 Å². The molecule has 0 bridgehead atoms. The number of aliphatic hydroxyl groups excluding tert-OH is 1. The third kappa shape index (κ3) is 7.78. The number of rotatable bonds is 0. The van der Waals surface area contributed by atoms with Crippen molar-refractivity contribution in [1.29, 1.82) is 0 Å². The minimum absolute atomic E-state index is 0.0359. The third-order valence-electron chi connectivity index (χ3n) is 2.20. The Morgan fingerprint density at radius 1 is 1.23 bits per heavy atom. The van der Waals surface area contributed by atoms with Gasteiger partial charge in [-0.2, -0.15) is 0 Å². The first-order valence-corrected chi connectivity index (χ1v) is 4.90. The second-order valence-electron chi connectivity index (χ2n) is 3.71. The Bertz CT molecular complexity index is 140. The smallest absolute Gasteiger partial charge is 0.218 e. The molecule has 3 heteroatoms. The lowest BCUT2D eigenvalue weighted by atomic mass is 9.98. The molecular formula is C10H21NO2. The molecule has 1 N–H and O–H groups in total. The number of carbonyl (C=O) groups excluding carboxylic acids is 1. The Morgan fingerprint density at radius 2 is 1.62 bits per heavy atom. The van der Waals surface area contributed by atoms with E-state index in [1.807, 2.05) is 0 Å². The van der Waals surface area contributed by atoms with Crippen LogP contribution in [-0.4, -0.2) is 36.1 Å². The van der Waals surface area contributed by atoms with Crippen LogP contribution in [0.3, 0.4) is 0 Å². The van der Waals surface area contributed by atoms with E-state index < -0.39 is 0 Å². The van der Waals surface area contributed by atoms with E-state index in [1.54, 1.807) is 14.1 Å². The van der Waals surface area contributed by atoms with Crippen molar-refractivity contribution in [3.05, 3.63) is 0 Å². The highest BCUT2D eigenvalue weighted by Gasteiger charge is 2.07. The number of amides is 1. The summed E-state index contributed by atoms with van der Waals surface area (Å²) >= 11 is 0. The zero-order valence-electron chi connectivity index (χ0n) is 8.92. The van der Waals surface area contributed by atoms with Crippen LogP contribution >= 0.6 is 0 Å². The molecular weight excluding hydrogens is 166 g/mol. The van der Waals surface area contributed by atoms with Crippen LogP contribution in [0.5, 0.6) is 0 Å². The Hall–Kier alpha value is -0.570. The summed E-state index contributed by atoms with van der Waals surface area (Å²) in [7, 11) is 3.45. The molecule has 0 radical (unpaired) electrons. The molecule has 0 atom stereocenters. The molecule has 1 aliphatic rings. The van der Waals surface area contributed by atoms with Gasteiger partial charge in [0.1, 0.15) is 0 Å². The van der Waals surface area contributed by atoms with Gasteiger partial charge in [-0.15, -0.1) is 0 Å². The maximum absolute atomic E-state index is 10.1. The monoisotopic (exact) mass is 187 g/mol. The Balaban J connectivity index is 0.000000226. The van der Waals surface area contributed by atoms with Crippen molar-refractivity contribution in [2.45, 2.75) is 45.1 Å². The molecule has 0 heterocycles. The topological polar surface area (TPSA) is 40.5 Å². The lowest BCUT2D eigenvalue weighted by molar-refractivity contribution is -0.126. The molecule has 13 heavy (non-hydrogen) atoms. The third-order valence-corrected chi connectivity index (χ3v) is 2.20. The summed E-state index contributed by atoms with van der Waals surface area (Å²) in [4.78, 5) is 11.6. The second-order valence-corrected chi connectivity index (χ2v) is 3.71. The van der Waals surface area contributed by atoms with Gasteiger partial charge in [0.2, 0.25) is 5.91 Å². The lowest BCUT2D eigenvalue weighted by Gasteiger charge is -2.14. The van der Waals surface area contributed by atoms with Crippen LogP contribution in [0.2, 0.25) is 0 Å². The van der Waals surface area contributed by atoms with Crippen molar-refractivity contribution in [1.82, 2.24) is 4.90 Å². The Labute approximate surface area is 80.7 Å². The van der Waals surface area contributed by atoms with Crippen LogP contribution in [0, 0.1) is 0 Å². The van der Waals surface area contributed by atoms with E-state index in [-0.39, 0.29) is 12.0 Å². The van der Waals surface area contributed by atoms with Gasteiger partial charge in [0.15, 0.2) is 0 Å². The van der Waals surface area contributed by atoms with Crippen LogP contribution in [-0.2, 0) is 4.79 Å². The number of nitrogens with zero attached hydrogens (tertiary/aromatic N) is 1. The van der Waals surface area contributed by atoms with E-state index in [9.17, 15) is 4.79 Å². The standard InChI is InChI=1S/C6H12O.C4H9NO/c7-6-4-2-1-3-5-6;1-4(6)5(2)3/h6-7H,1-5H2;1-3H3. The summed E-state index contributed by atoms with van der Waals surface area (Å²) in [6.45, 7) is 1.53. The maximum atomic E-state index is 10.1. The minimum atomic E-state index is 0.0359. The first-order chi connectivity index (χ1) is 6.04. The van der Waals surface area contributed by atoms with Crippen molar-refractivity contribution in [3.8, 4) is 0 Å². The van der Waals surface area contributed by atoms with Gasteiger partial charge < -0.3 is 10.0 Å². The van der Waals surface area contributed by atoms with Crippen molar-refractivity contribution in [2.24, 2.45) is 0 Å². The summed E-state index contributed by atoms with van der Waals surface area (Å²) in [5.74, 6) is 0.0926. The van der Waals surface area contributed by atoms with Crippen molar-refractivity contribution < 1.29 is 9.90 Å². The maximum Gasteiger partial charge on any atom is 0.218 e. The van der Waals surface area contributed by atoms with Crippen LogP contribution in [0.1, 0.15) is 39.0 Å². The van der Waals surface area contributed by atoms with Gasteiger partial charge >= 0.3 is 0 Å². The first-order valence-electron chi connectivity index (χ1n) is 4.90. The summed E-state index contributed by atoms with van der Waals surface area (Å²) in [5, 5.41) is 8.91. The number of hydrogen-bond acceptors (Lipinski definition) is 2. The summed E-state index contributed by atoms with van der Waals surface area (Å²) in [5.41, 5.74) is 0. The molecule has 1 rings (SSSR count). The molecule has 78 valence electrons. The van der Waals surface area contributed by atoms with E-state index in [0.717, 1.165) is 12.8 Å². The Morgan fingerprint density at radius 3 is 1.77 bits per heavy atom. The van der Waals surface area contributed by atoms with Crippen LogP contribution in [0.15, 0.2) is 0 Å². The highest BCUT2D eigenvalue weighted by atomic mass is 16.3. The van der Waals surface area contributed by atoms with Crippen LogP contribution in [0.25, 0.3) is 0 Å². The minimum Gasteiger partial charge on any atom is -0.393 e. The molecule has 0 aliphatic heterocycles. The fourth-order valence-corrected chi connectivity index (χ4v) is 1.08. The van der Waals surface area contributed by atoms with Gasteiger partial charge in [-0.3, -0.25) is 4.79 Å². The predicted molar refractivity (Wildman–Crippen MR) is 53.5 cm³/mol. The van der Waals surface area contributed by atoms with Crippen LogP contribution in [0.4, 0.5) is 0 Å². The average Bonchev–Trinajstić information content (AvgIpc) is 2.06. The molecule has 0 spiro atoms. The summed E-state index contributed by atoms with van der Waals surface area (Å²) < 4.78 is 0. The molecule has 1 aliphatic carbocycles. The SMILES string of the molecule is CC(=O)N(C)C.OC1CCCCC1. The molecule has 3 nitrogen and oxygen atoms in total. The molecule has 0 aromatic heterocycles. The Kier molecular flexibility index (Phi) is 6.59. The zero-order chi connectivity index (χ0) is 10.3. The fraction of sp³-hybridized carbons (Fsp3) is 0.900. The molecule has 0 unspecified atom stereocenters. The molecule has 1 amide bonds. The zero-order valence-corrected chi connectivity index (χ0v) is 8.92. The highest BCUT2D eigenvalue weighted by Crippen LogP contribution is 2.16. The quantitative estimate of drug-likeness (QED) is 0.623. The van der Waals surface area contributed by atoms with E-state index in [1.165, 1.54) is 31.1 Å². The van der Waals surface area contributed by atoms with E-state index in [4.69, 9.17) is 5.11 Å². The van der Waals surface area contributed by atoms with E-state index >= 15 is 0 Å². The van der Waals surface area contributed by atoms with Crippen molar-refractivity contribution >= 4 is 5.91 Å². The first kappa shape index (κ1) is 12.4. The van der Waals surface area contributed by atoms with E-state index in [2.05, 4.69) is 0 Å². The number of aliphatic hydroxyl groups is 1. The second kappa shape index (κ2) is 6.89. The molecule has 1 fully saturated rings. The molecule has 1 saturated carbocycles. The average molecular weight is 187 g/mol. The van der Waals surface area contributed by atoms with Gasteiger partial charge in [-0.25, -0.2) is 0 Å². The molecule has 0 aromatic carbocycles. The summed E-state index contributed by atoms with van der Waals surface area (Å²) in [6, 6.07) is 0. The molecule has 0 aromatic rings. The van der Waals surface area contributed by atoms with Gasteiger partial charge in [-0.1, -0.05) is 19.3 Å². The fourth-order valence-electron chi connectivity index (χ4n) is 1.08. The molecule has 0 saturated heterocycles. The predicted octanol–water partition coefficient (Wildman–Crippen LogP) is 1.41. The van der Waals surface area contributed by atoms with Gasteiger partial charge in [0.25, 0.3) is 0 Å². The van der Waals surface area contributed by atoms with Crippen LogP contribution < -0.4 is 0 Å². The van der Waals surface area contributed by atoms with Crippen molar-refractivity contribution in [3.63, 3.8) is 0 Å². The van der Waals surface area contributed by atoms with Gasteiger partial charge in [0.05, 0.1) is 6.10 Å². The number of hydrogen-bond donors (Lipinski definition) is 1. The highest BCUT2D eigenvalue weighted by molar-refractivity contribution is 5.72. The van der Waals surface area contributed by atoms with Gasteiger partial charge in [-0.05, 0) is 12.8 Å². The number of carbonyl (C=O) groups is 1. The lowest BCUT2D eigenvalue weighted by Crippen LogP contribution is -2.17. The largest absolute Gasteiger partial charge is 0.393 e.